The fraction of sp³-hybridized carbons (Fsp3) is 0. The van der Waals surface area contributed by atoms with Crippen molar-refractivity contribution in [3.63, 3.8) is 0 Å². The Morgan fingerprint density at radius 3 is 1.40 bits per heavy atom. The van der Waals surface area contributed by atoms with Gasteiger partial charge in [-0.2, -0.15) is 0 Å². The largest absolute Gasteiger partial charge is 0.309 e. The zero-order chi connectivity index (χ0) is 33.3. The molecule has 1 heterocycles. The van der Waals surface area contributed by atoms with E-state index >= 15 is 0 Å². The zero-order valence-corrected chi connectivity index (χ0v) is 28.7. The molecule has 8 aromatic carbocycles. The van der Waals surface area contributed by atoms with Crippen molar-refractivity contribution >= 4 is 45.9 Å². The first-order valence-corrected chi connectivity index (χ1v) is 19.3. The molecule has 1 nitrogen and oxygen atoms in total. The molecule has 0 amide bonds. The van der Waals surface area contributed by atoms with Crippen molar-refractivity contribution in [1.82, 2.24) is 0 Å². The van der Waals surface area contributed by atoms with Gasteiger partial charge in [0.25, 0.3) is 0 Å². The van der Waals surface area contributed by atoms with Gasteiger partial charge < -0.3 is 4.90 Å². The van der Waals surface area contributed by atoms with E-state index in [-0.39, 0.29) is 0 Å². The SMILES string of the molecule is c1ccc(-c2ccc(N(c3ccccc3-c3ccccc3)c3cccc4c3-c3ccccc3[Si]4(c3ccccc3)c3ccccc3)cc2)cc1. The number of nitrogens with zero attached hydrogens (tertiary/aromatic N) is 1. The van der Waals surface area contributed by atoms with Crippen LogP contribution in [0.4, 0.5) is 17.1 Å². The van der Waals surface area contributed by atoms with Gasteiger partial charge in [0.2, 0.25) is 0 Å². The highest BCUT2D eigenvalue weighted by Crippen LogP contribution is 2.46. The maximum absolute atomic E-state index is 2.66. The van der Waals surface area contributed by atoms with E-state index in [1.165, 1.54) is 59.8 Å². The summed E-state index contributed by atoms with van der Waals surface area (Å²) < 4.78 is 0. The van der Waals surface area contributed by atoms with Gasteiger partial charge in [0, 0.05) is 16.8 Å². The molecule has 1 aliphatic heterocycles. The summed E-state index contributed by atoms with van der Waals surface area (Å²) in [7, 11) is -2.66. The molecular weight excluding hydrogens is 619 g/mol. The molecule has 0 spiro atoms. The lowest BCUT2D eigenvalue weighted by molar-refractivity contribution is 1.29. The minimum absolute atomic E-state index is 1.12. The topological polar surface area (TPSA) is 3.24 Å². The van der Waals surface area contributed by atoms with E-state index in [9.17, 15) is 0 Å². The Hall–Kier alpha value is -6.22. The molecule has 0 bridgehead atoms. The van der Waals surface area contributed by atoms with Gasteiger partial charge in [0.1, 0.15) is 0 Å². The van der Waals surface area contributed by atoms with Crippen LogP contribution in [0.3, 0.4) is 0 Å². The molecule has 9 rings (SSSR count). The highest BCUT2D eigenvalue weighted by atomic mass is 28.3. The lowest BCUT2D eigenvalue weighted by atomic mass is 9.98. The van der Waals surface area contributed by atoms with Crippen molar-refractivity contribution in [3.8, 4) is 33.4 Å². The van der Waals surface area contributed by atoms with Gasteiger partial charge in [-0.3, -0.25) is 0 Å². The first-order chi connectivity index (χ1) is 24.8. The second-order valence-electron chi connectivity index (χ2n) is 12.9. The van der Waals surface area contributed by atoms with Gasteiger partial charge in [-0.05, 0) is 67.3 Å². The van der Waals surface area contributed by atoms with E-state index in [4.69, 9.17) is 0 Å². The molecule has 0 atom stereocenters. The summed E-state index contributed by atoms with van der Waals surface area (Å²) in [4.78, 5) is 2.49. The lowest BCUT2D eigenvalue weighted by Gasteiger charge is -2.33. The van der Waals surface area contributed by atoms with Crippen LogP contribution in [0.2, 0.25) is 0 Å². The second kappa shape index (κ2) is 12.7. The minimum atomic E-state index is -2.66. The number of rotatable bonds is 7. The molecule has 0 unspecified atom stereocenters. The predicted molar refractivity (Wildman–Crippen MR) is 215 cm³/mol. The fourth-order valence-electron chi connectivity index (χ4n) is 8.03. The molecule has 0 saturated carbocycles. The standard InChI is InChI=1S/C48H35NSi/c1-5-18-36(19-6-1)37-32-34-39(35-33-37)49(44-28-15-13-26-42(44)38-20-7-2-8-21-38)45-29-17-31-47-48(45)43-27-14-16-30-46(43)50(47,40-22-9-3-10-23-40)41-24-11-4-12-25-41/h1-35H. The van der Waals surface area contributed by atoms with Crippen molar-refractivity contribution in [2.75, 3.05) is 4.90 Å². The molecule has 1 aliphatic rings. The van der Waals surface area contributed by atoms with Gasteiger partial charge >= 0.3 is 0 Å². The lowest BCUT2D eigenvalue weighted by Crippen LogP contribution is -2.72. The molecule has 0 aliphatic carbocycles. The normalized spacial score (nSPS) is 12.6. The van der Waals surface area contributed by atoms with Crippen molar-refractivity contribution in [3.05, 3.63) is 212 Å². The van der Waals surface area contributed by atoms with E-state index in [1.54, 1.807) is 0 Å². The molecule has 0 N–H and O–H groups in total. The van der Waals surface area contributed by atoms with Gasteiger partial charge in [-0.15, -0.1) is 0 Å². The molecule has 50 heavy (non-hydrogen) atoms. The number of anilines is 3. The van der Waals surface area contributed by atoms with Crippen LogP contribution in [-0.2, 0) is 0 Å². The Morgan fingerprint density at radius 1 is 0.300 bits per heavy atom. The molecule has 0 saturated heterocycles. The van der Waals surface area contributed by atoms with Crippen LogP contribution in [0.1, 0.15) is 0 Å². The molecule has 0 aromatic heterocycles. The number of fused-ring (bicyclic) bond motifs is 3. The van der Waals surface area contributed by atoms with E-state index in [0.717, 1.165) is 11.4 Å². The van der Waals surface area contributed by atoms with Crippen LogP contribution in [-0.4, -0.2) is 8.07 Å². The number of para-hydroxylation sites is 1. The Bertz CT molecular complexity index is 2360. The summed E-state index contributed by atoms with van der Waals surface area (Å²) in [6, 6.07) is 78.0. The van der Waals surface area contributed by atoms with E-state index < -0.39 is 8.07 Å². The van der Waals surface area contributed by atoms with Crippen molar-refractivity contribution in [2.45, 2.75) is 0 Å². The highest BCUT2D eigenvalue weighted by molar-refractivity contribution is 7.22. The number of hydrogen-bond donors (Lipinski definition) is 0. The van der Waals surface area contributed by atoms with Crippen LogP contribution < -0.4 is 25.6 Å². The molecule has 2 heteroatoms. The third-order valence-electron chi connectivity index (χ3n) is 10.2. The first kappa shape index (κ1) is 29.9. The van der Waals surface area contributed by atoms with Crippen LogP contribution in [0.25, 0.3) is 33.4 Å². The zero-order valence-electron chi connectivity index (χ0n) is 27.7. The van der Waals surface area contributed by atoms with Crippen LogP contribution in [0.5, 0.6) is 0 Å². The predicted octanol–water partition coefficient (Wildman–Crippen LogP) is 9.85. The van der Waals surface area contributed by atoms with E-state index in [1.807, 2.05) is 0 Å². The van der Waals surface area contributed by atoms with Crippen LogP contribution >= 0.6 is 0 Å². The van der Waals surface area contributed by atoms with Crippen LogP contribution in [0.15, 0.2) is 212 Å². The van der Waals surface area contributed by atoms with Gasteiger partial charge in [0.05, 0.1) is 11.4 Å². The molecule has 0 fully saturated rings. The van der Waals surface area contributed by atoms with Crippen molar-refractivity contribution in [2.24, 2.45) is 0 Å². The van der Waals surface area contributed by atoms with Crippen molar-refractivity contribution < 1.29 is 0 Å². The summed E-state index contributed by atoms with van der Waals surface area (Å²) in [5, 5.41) is 5.67. The Morgan fingerprint density at radius 2 is 0.760 bits per heavy atom. The smallest absolute Gasteiger partial charge is 0.180 e. The maximum atomic E-state index is 2.49. The summed E-state index contributed by atoms with van der Waals surface area (Å²) in [6.45, 7) is 0. The summed E-state index contributed by atoms with van der Waals surface area (Å²) in [6.07, 6.45) is 0. The maximum Gasteiger partial charge on any atom is 0.180 e. The Labute approximate surface area is 295 Å². The monoisotopic (exact) mass is 653 g/mol. The Balaban J connectivity index is 1.35. The van der Waals surface area contributed by atoms with Gasteiger partial charge in [0.15, 0.2) is 8.07 Å². The first-order valence-electron chi connectivity index (χ1n) is 17.3. The average molecular weight is 654 g/mol. The summed E-state index contributed by atoms with van der Waals surface area (Å²) in [5.41, 5.74) is 10.9. The number of hydrogen-bond acceptors (Lipinski definition) is 1. The van der Waals surface area contributed by atoms with E-state index in [0.29, 0.717) is 0 Å². The minimum Gasteiger partial charge on any atom is -0.309 e. The quantitative estimate of drug-likeness (QED) is 0.155. The third kappa shape index (κ3) is 4.84. The van der Waals surface area contributed by atoms with Gasteiger partial charge in [-0.25, -0.2) is 0 Å². The van der Waals surface area contributed by atoms with Gasteiger partial charge in [-0.1, -0.05) is 188 Å². The molecule has 236 valence electrons. The third-order valence-corrected chi connectivity index (χ3v) is 15.0. The van der Waals surface area contributed by atoms with Crippen molar-refractivity contribution in [1.29, 1.82) is 0 Å². The highest BCUT2D eigenvalue weighted by Gasteiger charge is 2.49. The molecule has 0 radical (unpaired) electrons. The second-order valence-corrected chi connectivity index (χ2v) is 16.6. The summed E-state index contributed by atoms with van der Waals surface area (Å²) in [5.74, 6) is 0. The summed E-state index contributed by atoms with van der Waals surface area (Å²) >= 11 is 0. The average Bonchev–Trinajstić information content (AvgIpc) is 3.52. The Kier molecular flexibility index (Phi) is 7.57. The van der Waals surface area contributed by atoms with Crippen LogP contribution in [0, 0.1) is 0 Å². The number of benzene rings is 8. The van der Waals surface area contributed by atoms with E-state index in [2.05, 4.69) is 217 Å². The molecular formula is C48H35NSi. The molecule has 8 aromatic rings. The fourth-order valence-corrected chi connectivity index (χ4v) is 13.2.